The summed E-state index contributed by atoms with van der Waals surface area (Å²) in [4.78, 5) is 16.4. The van der Waals surface area contributed by atoms with Gasteiger partial charge in [-0.3, -0.25) is 9.78 Å². The van der Waals surface area contributed by atoms with Gasteiger partial charge >= 0.3 is 6.18 Å². The van der Waals surface area contributed by atoms with Crippen molar-refractivity contribution < 1.29 is 22.4 Å². The molecule has 0 aliphatic rings. The van der Waals surface area contributed by atoms with E-state index in [9.17, 15) is 22.4 Å². The van der Waals surface area contributed by atoms with E-state index in [-0.39, 0.29) is 24.1 Å². The molecule has 0 fully saturated rings. The first-order chi connectivity index (χ1) is 15.3. The number of aromatic nitrogens is 1. The maximum Gasteiger partial charge on any atom is 0.416 e. The molecule has 168 valence electrons. The number of unbranched alkanes of at least 4 members (excludes halogenated alkanes) is 1. The molecule has 0 saturated carbocycles. The van der Waals surface area contributed by atoms with Gasteiger partial charge in [-0.25, -0.2) is 9.82 Å². The Morgan fingerprint density at radius 1 is 1.09 bits per heavy atom. The van der Waals surface area contributed by atoms with Gasteiger partial charge in [0.25, 0.3) is 0 Å². The summed E-state index contributed by atoms with van der Waals surface area (Å²) in [5.41, 5.74) is 2.69. The Kier molecular flexibility index (Phi) is 7.80. The number of pyridine rings is 1. The maximum absolute atomic E-state index is 14.0. The van der Waals surface area contributed by atoms with Crippen molar-refractivity contribution in [2.24, 2.45) is 5.10 Å². The predicted molar refractivity (Wildman–Crippen MR) is 116 cm³/mol. The number of amides is 1. The van der Waals surface area contributed by atoms with Crippen LogP contribution in [-0.2, 0) is 17.4 Å². The van der Waals surface area contributed by atoms with Crippen LogP contribution in [0.15, 0.2) is 59.8 Å². The normalized spacial score (nSPS) is 12.2. The van der Waals surface area contributed by atoms with Crippen molar-refractivity contribution in [3.8, 4) is 0 Å². The van der Waals surface area contributed by atoms with Gasteiger partial charge in [0.1, 0.15) is 5.82 Å². The average Bonchev–Trinajstić information content (AvgIpc) is 2.76. The number of hydrazone groups is 1. The summed E-state index contributed by atoms with van der Waals surface area (Å²) in [6.45, 7) is 0. The van der Waals surface area contributed by atoms with E-state index < -0.39 is 23.5 Å². The van der Waals surface area contributed by atoms with Crippen LogP contribution in [0.4, 0.5) is 17.6 Å². The lowest BCUT2D eigenvalue weighted by Crippen LogP contribution is -2.21. The van der Waals surface area contributed by atoms with Crippen LogP contribution >= 0.6 is 11.6 Å². The van der Waals surface area contributed by atoms with Crippen molar-refractivity contribution in [3.05, 3.63) is 77.2 Å². The highest BCUT2D eigenvalue weighted by Crippen LogP contribution is 2.31. The predicted octanol–water partition coefficient (Wildman–Crippen LogP) is 5.86. The lowest BCUT2D eigenvalue weighted by atomic mass is 9.98. The molecule has 3 aromatic rings. The van der Waals surface area contributed by atoms with E-state index >= 15 is 0 Å². The topological polar surface area (TPSA) is 54.4 Å². The van der Waals surface area contributed by atoms with E-state index in [2.05, 4.69) is 15.5 Å². The summed E-state index contributed by atoms with van der Waals surface area (Å²) in [5.74, 6) is -1.03. The smallest absolute Gasteiger partial charge is 0.273 e. The SMILES string of the molecule is O=C(CCCCCl)NN=C(Cc1ccnc2ccccc12)c1cc(F)cc(C(F)(F)F)c1. The molecule has 0 spiro atoms. The van der Waals surface area contributed by atoms with E-state index in [0.717, 1.165) is 23.1 Å². The maximum atomic E-state index is 14.0. The Labute approximate surface area is 187 Å². The number of hydrogen-bond donors (Lipinski definition) is 1. The minimum absolute atomic E-state index is 0.0613. The quantitative estimate of drug-likeness (QED) is 0.149. The Balaban J connectivity index is 1.99. The number of carbonyl (C=O) groups excluding carboxylic acids is 1. The van der Waals surface area contributed by atoms with E-state index in [0.29, 0.717) is 30.3 Å². The van der Waals surface area contributed by atoms with Crippen molar-refractivity contribution in [2.75, 3.05) is 5.88 Å². The Bertz CT molecular complexity index is 1130. The summed E-state index contributed by atoms with van der Waals surface area (Å²) in [6, 6.07) is 11.2. The molecule has 0 saturated heterocycles. The molecule has 32 heavy (non-hydrogen) atoms. The first-order valence-corrected chi connectivity index (χ1v) is 10.4. The minimum atomic E-state index is -4.73. The van der Waals surface area contributed by atoms with E-state index in [1.807, 2.05) is 18.2 Å². The van der Waals surface area contributed by atoms with Crippen LogP contribution < -0.4 is 5.43 Å². The van der Waals surface area contributed by atoms with Crippen molar-refractivity contribution >= 4 is 34.1 Å². The Hall–Kier alpha value is -3.00. The molecular formula is C23H20ClF4N3O. The van der Waals surface area contributed by atoms with Crippen LogP contribution in [0.2, 0.25) is 0 Å². The number of rotatable bonds is 8. The van der Waals surface area contributed by atoms with Gasteiger partial charge in [0.2, 0.25) is 5.91 Å². The number of fused-ring (bicyclic) bond motifs is 1. The fourth-order valence-corrected chi connectivity index (χ4v) is 3.37. The average molecular weight is 466 g/mol. The summed E-state index contributed by atoms with van der Waals surface area (Å²) in [5, 5.41) is 4.85. The molecule has 2 aromatic carbocycles. The zero-order chi connectivity index (χ0) is 23.1. The zero-order valence-corrected chi connectivity index (χ0v) is 17.7. The van der Waals surface area contributed by atoms with E-state index in [4.69, 9.17) is 11.6 Å². The largest absolute Gasteiger partial charge is 0.416 e. The molecule has 0 bridgehead atoms. The standard InChI is InChI=1S/C23H20ClF4N3O/c24-9-4-3-7-22(32)31-30-21(16-11-17(23(26,27)28)14-18(25)12-16)13-15-8-10-29-20-6-2-1-5-19(15)20/h1-2,5-6,8,10-12,14H,3-4,7,9,13H2,(H,31,32). The van der Waals surface area contributed by atoms with Crippen LogP contribution in [0.25, 0.3) is 10.9 Å². The third-order valence-corrected chi connectivity index (χ3v) is 5.03. The summed E-state index contributed by atoms with van der Waals surface area (Å²) >= 11 is 5.61. The van der Waals surface area contributed by atoms with Crippen LogP contribution in [-0.4, -0.2) is 22.5 Å². The monoisotopic (exact) mass is 465 g/mol. The van der Waals surface area contributed by atoms with Gasteiger partial charge in [-0.15, -0.1) is 11.6 Å². The van der Waals surface area contributed by atoms with Gasteiger partial charge in [-0.05, 0) is 48.7 Å². The second-order valence-electron chi connectivity index (χ2n) is 7.13. The van der Waals surface area contributed by atoms with Gasteiger partial charge in [-0.1, -0.05) is 18.2 Å². The molecular weight excluding hydrogens is 446 g/mol. The van der Waals surface area contributed by atoms with Crippen LogP contribution in [0.1, 0.15) is 36.0 Å². The lowest BCUT2D eigenvalue weighted by Gasteiger charge is -2.13. The molecule has 1 heterocycles. The fourth-order valence-electron chi connectivity index (χ4n) is 3.18. The van der Waals surface area contributed by atoms with Crippen molar-refractivity contribution in [3.63, 3.8) is 0 Å². The summed E-state index contributed by atoms with van der Waals surface area (Å²) < 4.78 is 53.8. The minimum Gasteiger partial charge on any atom is -0.273 e. The second kappa shape index (κ2) is 10.5. The highest BCUT2D eigenvalue weighted by molar-refractivity contribution is 6.17. The number of alkyl halides is 4. The molecule has 0 aliphatic heterocycles. The van der Waals surface area contributed by atoms with Crippen molar-refractivity contribution in [1.29, 1.82) is 0 Å². The molecule has 9 heteroatoms. The van der Waals surface area contributed by atoms with E-state index in [1.54, 1.807) is 18.3 Å². The molecule has 1 N–H and O–H groups in total. The summed E-state index contributed by atoms with van der Waals surface area (Å²) in [6.07, 6.45) is -1.73. The number of nitrogens with zero attached hydrogens (tertiary/aromatic N) is 2. The molecule has 0 unspecified atom stereocenters. The lowest BCUT2D eigenvalue weighted by molar-refractivity contribution is -0.137. The highest BCUT2D eigenvalue weighted by atomic mass is 35.5. The van der Waals surface area contributed by atoms with Crippen LogP contribution in [0.5, 0.6) is 0 Å². The fraction of sp³-hybridized carbons (Fsp3) is 0.261. The van der Waals surface area contributed by atoms with Crippen LogP contribution in [0.3, 0.4) is 0 Å². The van der Waals surface area contributed by atoms with Gasteiger partial charge in [0.05, 0.1) is 16.8 Å². The first-order valence-electron chi connectivity index (χ1n) is 9.90. The third-order valence-electron chi connectivity index (χ3n) is 4.76. The molecule has 1 aromatic heterocycles. The third kappa shape index (κ3) is 6.26. The van der Waals surface area contributed by atoms with Gasteiger partial charge in [-0.2, -0.15) is 18.3 Å². The Morgan fingerprint density at radius 3 is 2.62 bits per heavy atom. The van der Waals surface area contributed by atoms with Crippen LogP contribution in [0, 0.1) is 5.82 Å². The molecule has 1 amide bonds. The van der Waals surface area contributed by atoms with Gasteiger partial charge < -0.3 is 0 Å². The van der Waals surface area contributed by atoms with E-state index in [1.165, 1.54) is 0 Å². The number of nitrogens with one attached hydrogen (secondary N) is 1. The highest BCUT2D eigenvalue weighted by Gasteiger charge is 2.31. The van der Waals surface area contributed by atoms with Gasteiger partial charge in [0.15, 0.2) is 0 Å². The van der Waals surface area contributed by atoms with Crippen molar-refractivity contribution in [2.45, 2.75) is 31.9 Å². The summed E-state index contributed by atoms with van der Waals surface area (Å²) in [7, 11) is 0. The molecule has 3 rings (SSSR count). The zero-order valence-electron chi connectivity index (χ0n) is 16.9. The number of benzene rings is 2. The van der Waals surface area contributed by atoms with Gasteiger partial charge in [0, 0.05) is 35.9 Å². The number of carbonyl (C=O) groups is 1. The Morgan fingerprint density at radius 2 is 1.88 bits per heavy atom. The molecule has 0 atom stereocenters. The first kappa shape index (κ1) is 23.7. The molecule has 0 aliphatic carbocycles. The number of halogens is 5. The number of hydrogen-bond acceptors (Lipinski definition) is 3. The second-order valence-corrected chi connectivity index (χ2v) is 7.51. The van der Waals surface area contributed by atoms with Crippen molar-refractivity contribution in [1.82, 2.24) is 10.4 Å². The number of para-hydroxylation sites is 1. The molecule has 0 radical (unpaired) electrons. The molecule has 4 nitrogen and oxygen atoms in total.